The maximum Gasteiger partial charge on any atom is 0.183 e. The zero-order chi connectivity index (χ0) is 12.7. The molecular formula is C15H9N3O. The Morgan fingerprint density at radius 2 is 1.74 bits per heavy atom. The van der Waals surface area contributed by atoms with Gasteiger partial charge >= 0.3 is 0 Å². The highest BCUT2D eigenvalue weighted by Gasteiger charge is 2.18. The fraction of sp³-hybridized carbons (Fsp3) is 0. The van der Waals surface area contributed by atoms with Crippen molar-refractivity contribution >= 4 is 10.9 Å². The molecule has 4 heteroatoms. The van der Waals surface area contributed by atoms with Gasteiger partial charge < -0.3 is 4.42 Å². The highest BCUT2D eigenvalue weighted by molar-refractivity contribution is 5.83. The van der Waals surface area contributed by atoms with E-state index in [2.05, 4.69) is 15.2 Å². The monoisotopic (exact) mass is 247 g/mol. The van der Waals surface area contributed by atoms with Crippen molar-refractivity contribution < 1.29 is 4.42 Å². The topological polar surface area (TPSA) is 51.8 Å². The third kappa shape index (κ3) is 1.57. The Balaban J connectivity index is 1.95. The Kier molecular flexibility index (Phi) is 2.08. The van der Waals surface area contributed by atoms with Crippen LogP contribution in [-0.2, 0) is 0 Å². The van der Waals surface area contributed by atoms with E-state index in [1.54, 1.807) is 12.3 Å². The lowest BCUT2D eigenvalue weighted by Crippen LogP contribution is -1.86. The molecule has 4 rings (SSSR count). The predicted molar refractivity (Wildman–Crippen MR) is 71.7 cm³/mol. The number of aromatic nitrogens is 3. The molecule has 3 heterocycles. The van der Waals surface area contributed by atoms with Gasteiger partial charge in [0.05, 0.1) is 17.5 Å². The summed E-state index contributed by atoms with van der Waals surface area (Å²) in [6, 6.07) is 15.6. The molecule has 0 amide bonds. The van der Waals surface area contributed by atoms with Crippen LogP contribution in [0.4, 0.5) is 0 Å². The number of benzene rings is 1. The summed E-state index contributed by atoms with van der Waals surface area (Å²) in [5, 5.41) is 9.36. The maximum absolute atomic E-state index is 5.48. The third-order valence-electron chi connectivity index (χ3n) is 3.07. The minimum Gasteiger partial charge on any atom is -0.460 e. The fourth-order valence-electron chi connectivity index (χ4n) is 2.14. The molecule has 19 heavy (non-hydrogen) atoms. The minimum atomic E-state index is 0.672. The molecule has 90 valence electrons. The van der Waals surface area contributed by atoms with Crippen LogP contribution < -0.4 is 0 Å². The Morgan fingerprint density at radius 1 is 0.789 bits per heavy atom. The van der Waals surface area contributed by atoms with Crippen LogP contribution in [0, 0.1) is 0 Å². The van der Waals surface area contributed by atoms with E-state index < -0.39 is 0 Å². The van der Waals surface area contributed by atoms with Crippen molar-refractivity contribution in [2.45, 2.75) is 0 Å². The summed E-state index contributed by atoms with van der Waals surface area (Å²) in [5.74, 6) is 0.672. The average Bonchev–Trinajstić information content (AvgIpc) is 2.91. The normalized spacial score (nSPS) is 11.2. The third-order valence-corrected chi connectivity index (χ3v) is 3.07. The van der Waals surface area contributed by atoms with Crippen LogP contribution in [-0.4, -0.2) is 15.2 Å². The van der Waals surface area contributed by atoms with E-state index in [1.807, 2.05) is 42.5 Å². The van der Waals surface area contributed by atoms with Gasteiger partial charge in [0.1, 0.15) is 5.69 Å². The number of hydrogen-bond acceptors (Lipinski definition) is 4. The van der Waals surface area contributed by atoms with E-state index >= 15 is 0 Å². The summed E-state index contributed by atoms with van der Waals surface area (Å²) < 4.78 is 5.48. The van der Waals surface area contributed by atoms with Crippen molar-refractivity contribution in [2.24, 2.45) is 0 Å². The SMILES string of the molecule is c1coc2c(-c3ccc4ccccc4n3)nnc-2c1. The summed E-state index contributed by atoms with van der Waals surface area (Å²) in [5.41, 5.74) is 3.14. The second-order valence-corrected chi connectivity index (χ2v) is 4.27. The van der Waals surface area contributed by atoms with Gasteiger partial charge in [0.25, 0.3) is 0 Å². The smallest absolute Gasteiger partial charge is 0.183 e. The lowest BCUT2D eigenvalue weighted by molar-refractivity contribution is 0.566. The number of fused-ring (bicyclic) bond motifs is 2. The summed E-state index contributed by atoms with van der Waals surface area (Å²) in [6.45, 7) is 0. The Hall–Kier alpha value is -2.75. The van der Waals surface area contributed by atoms with E-state index in [9.17, 15) is 0 Å². The minimum absolute atomic E-state index is 0.672. The lowest BCUT2D eigenvalue weighted by Gasteiger charge is -2.01. The van der Waals surface area contributed by atoms with Gasteiger partial charge in [-0.1, -0.05) is 24.3 Å². The Morgan fingerprint density at radius 3 is 2.74 bits per heavy atom. The van der Waals surface area contributed by atoms with Gasteiger partial charge in [-0.2, -0.15) is 0 Å². The summed E-state index contributed by atoms with van der Waals surface area (Å²) >= 11 is 0. The molecule has 0 N–H and O–H groups in total. The molecule has 0 spiro atoms. The summed E-state index contributed by atoms with van der Waals surface area (Å²) in [4.78, 5) is 4.61. The molecule has 2 aliphatic heterocycles. The second-order valence-electron chi connectivity index (χ2n) is 4.27. The highest BCUT2D eigenvalue weighted by Crippen LogP contribution is 2.30. The van der Waals surface area contributed by atoms with Gasteiger partial charge in [-0.05, 0) is 24.3 Å². The quantitative estimate of drug-likeness (QED) is 0.517. The number of rotatable bonds is 1. The first-order valence-corrected chi connectivity index (χ1v) is 5.98. The second kappa shape index (κ2) is 3.88. The van der Waals surface area contributed by atoms with E-state index in [0.29, 0.717) is 11.5 Å². The molecule has 4 nitrogen and oxygen atoms in total. The van der Waals surface area contributed by atoms with Crippen LogP contribution in [0.25, 0.3) is 33.7 Å². The van der Waals surface area contributed by atoms with Crippen molar-refractivity contribution in [3.8, 4) is 22.8 Å². The molecule has 1 aromatic carbocycles. The average molecular weight is 247 g/mol. The molecule has 0 radical (unpaired) electrons. The number of nitrogens with zero attached hydrogens (tertiary/aromatic N) is 3. The first-order valence-electron chi connectivity index (χ1n) is 5.98. The van der Waals surface area contributed by atoms with E-state index in [-0.39, 0.29) is 0 Å². The van der Waals surface area contributed by atoms with Crippen molar-refractivity contribution in [2.75, 3.05) is 0 Å². The van der Waals surface area contributed by atoms with Crippen LogP contribution in [0.15, 0.2) is 59.2 Å². The van der Waals surface area contributed by atoms with Crippen LogP contribution in [0.2, 0.25) is 0 Å². The molecule has 2 aromatic rings. The number of para-hydroxylation sites is 1. The van der Waals surface area contributed by atoms with Gasteiger partial charge in [0, 0.05) is 5.39 Å². The molecule has 0 saturated carbocycles. The number of pyridine rings is 1. The molecule has 0 aliphatic carbocycles. The molecule has 0 saturated heterocycles. The first-order chi connectivity index (χ1) is 9.42. The largest absolute Gasteiger partial charge is 0.460 e. The van der Waals surface area contributed by atoms with Crippen molar-refractivity contribution in [3.05, 3.63) is 54.8 Å². The molecule has 0 bridgehead atoms. The van der Waals surface area contributed by atoms with E-state index in [0.717, 1.165) is 22.3 Å². The standard InChI is InChI=1S/C15H9N3O/c1-2-5-11-10(4-1)7-8-12(16-11)14-15-13(17-18-14)6-3-9-19-15/h1-9H. The summed E-state index contributed by atoms with van der Waals surface area (Å²) in [7, 11) is 0. The highest BCUT2D eigenvalue weighted by atomic mass is 16.3. The van der Waals surface area contributed by atoms with Gasteiger partial charge in [0.15, 0.2) is 11.5 Å². The van der Waals surface area contributed by atoms with Crippen molar-refractivity contribution in [1.82, 2.24) is 15.2 Å². The molecular weight excluding hydrogens is 238 g/mol. The Labute approximate surface area is 109 Å². The fourth-order valence-corrected chi connectivity index (χ4v) is 2.14. The molecule has 0 fully saturated rings. The first kappa shape index (κ1) is 10.2. The Bertz CT molecular complexity index is 837. The number of hydrogen-bond donors (Lipinski definition) is 0. The maximum atomic E-state index is 5.48. The van der Waals surface area contributed by atoms with Gasteiger partial charge in [-0.25, -0.2) is 4.98 Å². The summed E-state index contributed by atoms with van der Waals surface area (Å²) in [6.07, 6.45) is 1.62. The predicted octanol–water partition coefficient (Wildman–Crippen LogP) is 3.39. The molecule has 0 atom stereocenters. The van der Waals surface area contributed by atoms with Crippen LogP contribution in [0.3, 0.4) is 0 Å². The molecule has 0 unspecified atom stereocenters. The van der Waals surface area contributed by atoms with E-state index in [4.69, 9.17) is 4.42 Å². The van der Waals surface area contributed by atoms with Gasteiger partial charge in [-0.15, -0.1) is 10.2 Å². The van der Waals surface area contributed by atoms with E-state index in [1.165, 1.54) is 0 Å². The van der Waals surface area contributed by atoms with Crippen LogP contribution in [0.1, 0.15) is 0 Å². The van der Waals surface area contributed by atoms with Crippen LogP contribution >= 0.6 is 0 Å². The van der Waals surface area contributed by atoms with Crippen LogP contribution in [0.5, 0.6) is 0 Å². The lowest BCUT2D eigenvalue weighted by atomic mass is 10.1. The van der Waals surface area contributed by atoms with Gasteiger partial charge in [0.2, 0.25) is 0 Å². The van der Waals surface area contributed by atoms with Gasteiger partial charge in [-0.3, -0.25) is 0 Å². The molecule has 1 aromatic heterocycles. The zero-order valence-corrected chi connectivity index (χ0v) is 9.95. The molecule has 2 aliphatic rings. The zero-order valence-electron chi connectivity index (χ0n) is 9.95. The van der Waals surface area contributed by atoms with Crippen molar-refractivity contribution in [1.29, 1.82) is 0 Å². The van der Waals surface area contributed by atoms with Crippen molar-refractivity contribution in [3.63, 3.8) is 0 Å².